The van der Waals surface area contributed by atoms with Crippen molar-refractivity contribution in [3.8, 4) is 5.75 Å². The predicted molar refractivity (Wildman–Crippen MR) is 174 cm³/mol. The molecule has 10 heteroatoms. The fourth-order valence-electron chi connectivity index (χ4n) is 6.63. The largest absolute Gasteiger partial charge is 0.497 e. The molecule has 1 unspecified atom stereocenters. The molecule has 1 aliphatic carbocycles. The average molecular weight is 607 g/mol. The molecule has 238 valence electrons. The van der Waals surface area contributed by atoms with E-state index in [1.165, 1.54) is 13.2 Å². The Bertz CT molecular complexity index is 1550. The summed E-state index contributed by atoms with van der Waals surface area (Å²) in [6.45, 7) is 12.3. The van der Waals surface area contributed by atoms with Crippen LogP contribution in [-0.2, 0) is 24.3 Å². The summed E-state index contributed by atoms with van der Waals surface area (Å²) in [7, 11) is 3.08. The van der Waals surface area contributed by atoms with E-state index >= 15 is 0 Å². The van der Waals surface area contributed by atoms with Gasteiger partial charge in [-0.2, -0.15) is 0 Å². The van der Waals surface area contributed by atoms with Gasteiger partial charge in [0, 0.05) is 51.1 Å². The van der Waals surface area contributed by atoms with E-state index in [0.717, 1.165) is 50.5 Å². The van der Waals surface area contributed by atoms with Crippen LogP contribution in [0.3, 0.4) is 0 Å². The van der Waals surface area contributed by atoms with E-state index < -0.39 is 0 Å². The van der Waals surface area contributed by atoms with Crippen molar-refractivity contribution in [2.24, 2.45) is 16.3 Å². The monoisotopic (exact) mass is 606 g/mol. The second-order valence-corrected chi connectivity index (χ2v) is 13.2. The maximum atomic E-state index is 14.6. The predicted octanol–water partition coefficient (Wildman–Crippen LogP) is 5.21. The van der Waals surface area contributed by atoms with Gasteiger partial charge >= 0.3 is 0 Å². The number of aliphatic imine (C=N–C) groups is 1. The minimum Gasteiger partial charge on any atom is -0.497 e. The molecule has 2 heterocycles. The van der Waals surface area contributed by atoms with Crippen LogP contribution in [0.1, 0.15) is 58.3 Å². The molecule has 1 saturated heterocycles. The van der Waals surface area contributed by atoms with Gasteiger partial charge in [-0.1, -0.05) is 26.8 Å². The first-order valence-corrected chi connectivity index (χ1v) is 15.7. The first kappa shape index (κ1) is 31.9. The number of methoxy groups -OCH3 is 2. The number of aromatic nitrogens is 2. The molecule has 0 bridgehead atoms. The summed E-state index contributed by atoms with van der Waals surface area (Å²) in [6.07, 6.45) is 3.72. The molecule has 0 radical (unpaired) electrons. The standard InChI is InChI=1S/C34H47FN6O3/c1-22-19-34(3,4)13-11-29(22)39-33(40-16-14-36-23(2)20-40)37-25-8-10-27-30(17-25)38-31(21-43-5)41(32(27)42)15-12-24-7-9-26(44-6)18-28(24)35/h7-10,17-18,22-23,29,36H,11-16,19-21H2,1-6H3,(H,37,39)/t22-,23-,29?/m0/s1. The van der Waals surface area contributed by atoms with Crippen molar-refractivity contribution in [3.05, 3.63) is 64.0 Å². The first-order chi connectivity index (χ1) is 21.1. The Morgan fingerprint density at radius 2 is 2.02 bits per heavy atom. The van der Waals surface area contributed by atoms with E-state index in [-0.39, 0.29) is 30.6 Å². The summed E-state index contributed by atoms with van der Waals surface area (Å²) in [6, 6.07) is 11.0. The van der Waals surface area contributed by atoms with Gasteiger partial charge in [0.05, 0.1) is 24.1 Å². The van der Waals surface area contributed by atoms with E-state index in [1.54, 1.807) is 23.8 Å². The van der Waals surface area contributed by atoms with Crippen molar-refractivity contribution in [2.75, 3.05) is 39.2 Å². The topological polar surface area (TPSA) is 93.0 Å². The zero-order valence-electron chi connectivity index (χ0n) is 27.0. The Kier molecular flexibility index (Phi) is 9.90. The molecule has 2 N–H and O–H groups in total. The van der Waals surface area contributed by atoms with Gasteiger partial charge in [0.25, 0.3) is 5.56 Å². The molecule has 0 spiro atoms. The molecule has 1 aliphatic heterocycles. The summed E-state index contributed by atoms with van der Waals surface area (Å²) < 4.78 is 26.7. The maximum absolute atomic E-state index is 14.6. The van der Waals surface area contributed by atoms with Gasteiger partial charge in [0.15, 0.2) is 5.96 Å². The van der Waals surface area contributed by atoms with Gasteiger partial charge < -0.3 is 25.0 Å². The van der Waals surface area contributed by atoms with Crippen LogP contribution in [-0.4, -0.2) is 66.3 Å². The molecule has 5 rings (SSSR count). The Morgan fingerprint density at radius 3 is 2.73 bits per heavy atom. The number of benzene rings is 2. The summed E-state index contributed by atoms with van der Waals surface area (Å²) in [5, 5.41) is 7.64. The zero-order valence-corrected chi connectivity index (χ0v) is 27.0. The summed E-state index contributed by atoms with van der Waals surface area (Å²) in [4.78, 5) is 26.2. The molecule has 44 heavy (non-hydrogen) atoms. The Hall–Kier alpha value is -3.50. The zero-order chi connectivity index (χ0) is 31.4. The lowest BCUT2D eigenvalue weighted by Crippen LogP contribution is -2.53. The van der Waals surface area contributed by atoms with E-state index in [0.29, 0.717) is 51.8 Å². The fourth-order valence-corrected chi connectivity index (χ4v) is 6.63. The third kappa shape index (κ3) is 7.41. The number of rotatable bonds is 8. The van der Waals surface area contributed by atoms with E-state index in [9.17, 15) is 9.18 Å². The maximum Gasteiger partial charge on any atom is 0.261 e. The molecule has 2 fully saturated rings. The molecular formula is C34H47FN6O3. The lowest BCUT2D eigenvalue weighted by Gasteiger charge is -2.39. The number of ether oxygens (including phenoxy) is 2. The second kappa shape index (κ2) is 13.6. The van der Waals surface area contributed by atoms with Crippen LogP contribution >= 0.6 is 0 Å². The number of halogens is 1. The highest BCUT2D eigenvalue weighted by Crippen LogP contribution is 2.40. The molecule has 3 atom stereocenters. The van der Waals surface area contributed by atoms with Crippen LogP contribution in [0.5, 0.6) is 5.75 Å². The van der Waals surface area contributed by atoms with Crippen LogP contribution < -0.4 is 20.9 Å². The van der Waals surface area contributed by atoms with Crippen LogP contribution in [0.25, 0.3) is 10.9 Å². The molecule has 2 aliphatic rings. The van der Waals surface area contributed by atoms with E-state index in [1.807, 2.05) is 18.2 Å². The van der Waals surface area contributed by atoms with E-state index in [4.69, 9.17) is 19.5 Å². The number of aryl methyl sites for hydroxylation is 1. The molecule has 1 saturated carbocycles. The highest BCUT2D eigenvalue weighted by Gasteiger charge is 2.33. The molecule has 1 aromatic heterocycles. The van der Waals surface area contributed by atoms with Crippen molar-refractivity contribution in [1.29, 1.82) is 0 Å². The lowest BCUT2D eigenvalue weighted by atomic mass is 9.71. The Labute approximate surface area is 259 Å². The number of piperazine rings is 1. The number of fused-ring (bicyclic) bond motifs is 1. The Morgan fingerprint density at radius 1 is 1.20 bits per heavy atom. The van der Waals surface area contributed by atoms with Gasteiger partial charge in [-0.05, 0) is 73.8 Å². The second-order valence-electron chi connectivity index (χ2n) is 13.2. The third-order valence-corrected chi connectivity index (χ3v) is 9.03. The number of nitrogens with one attached hydrogen (secondary N) is 2. The average Bonchev–Trinajstić information content (AvgIpc) is 2.98. The Balaban J connectivity index is 1.44. The fraction of sp³-hybridized carbons (Fsp3) is 0.559. The number of hydrogen-bond donors (Lipinski definition) is 2. The molecule has 3 aromatic rings. The molecular weight excluding hydrogens is 559 g/mol. The van der Waals surface area contributed by atoms with Gasteiger partial charge in [0.2, 0.25) is 0 Å². The molecule has 9 nitrogen and oxygen atoms in total. The summed E-state index contributed by atoms with van der Waals surface area (Å²) >= 11 is 0. The van der Waals surface area contributed by atoms with Crippen molar-refractivity contribution < 1.29 is 13.9 Å². The highest BCUT2D eigenvalue weighted by molar-refractivity contribution is 5.96. The van der Waals surface area contributed by atoms with Gasteiger partial charge in [-0.3, -0.25) is 9.36 Å². The van der Waals surface area contributed by atoms with Crippen LogP contribution in [0.15, 0.2) is 46.2 Å². The third-order valence-electron chi connectivity index (χ3n) is 9.03. The van der Waals surface area contributed by atoms with Crippen molar-refractivity contribution >= 4 is 22.5 Å². The number of hydrogen-bond acceptors (Lipinski definition) is 6. The van der Waals surface area contributed by atoms with Crippen molar-refractivity contribution in [1.82, 2.24) is 19.8 Å². The van der Waals surface area contributed by atoms with Crippen LogP contribution in [0.4, 0.5) is 10.1 Å². The smallest absolute Gasteiger partial charge is 0.261 e. The number of guanidine groups is 1. The van der Waals surface area contributed by atoms with Crippen molar-refractivity contribution in [2.45, 2.75) is 78.6 Å². The molecule has 2 aromatic carbocycles. The quantitative estimate of drug-likeness (QED) is 0.269. The summed E-state index contributed by atoms with van der Waals surface area (Å²) in [5.74, 6) is 1.96. The van der Waals surface area contributed by atoms with Crippen LogP contribution in [0.2, 0.25) is 0 Å². The SMILES string of the molecule is COCc1nc2cc(NC(=NC3CCC(C)(C)C[C@@H]3C)N3CCN[C@@H](C)C3)ccc2c(=O)n1CCc1ccc(OC)cc1F. The number of anilines is 1. The van der Waals surface area contributed by atoms with Gasteiger partial charge in [-0.15, -0.1) is 0 Å². The highest BCUT2D eigenvalue weighted by atomic mass is 19.1. The molecule has 0 amide bonds. The van der Waals surface area contributed by atoms with Crippen LogP contribution in [0, 0.1) is 17.2 Å². The van der Waals surface area contributed by atoms with Gasteiger partial charge in [-0.25, -0.2) is 14.4 Å². The van der Waals surface area contributed by atoms with E-state index in [2.05, 4.69) is 43.2 Å². The van der Waals surface area contributed by atoms with Gasteiger partial charge in [0.1, 0.15) is 24.0 Å². The minimum absolute atomic E-state index is 0.162. The summed E-state index contributed by atoms with van der Waals surface area (Å²) in [5.41, 5.74) is 2.10. The van der Waals surface area contributed by atoms with Crippen molar-refractivity contribution in [3.63, 3.8) is 0 Å². The lowest BCUT2D eigenvalue weighted by molar-refractivity contribution is 0.168. The normalized spacial score (nSPS) is 22.3. The first-order valence-electron chi connectivity index (χ1n) is 15.7. The number of nitrogens with zero attached hydrogens (tertiary/aromatic N) is 4. The minimum atomic E-state index is -0.363.